The SMILES string of the molecule is CC(O)CNC(=O)c1cc(OC[C@H]2CCCN2c2ncnc3nc[nH]c23)c2ccccc2n1.Cl. The molecular weight excluding hydrogens is 458 g/mol. The third-order valence-corrected chi connectivity index (χ3v) is 5.75. The van der Waals surface area contributed by atoms with Gasteiger partial charge in [-0.25, -0.2) is 19.9 Å². The smallest absolute Gasteiger partial charge is 0.270 e. The molecule has 3 N–H and O–H groups in total. The predicted molar refractivity (Wildman–Crippen MR) is 131 cm³/mol. The normalized spacial score (nSPS) is 16.4. The standard InChI is InChI=1S/C23H25N7O3.ClH/c1-14(31)10-24-23(32)18-9-19(16-6-2-3-7-17(16)29-18)33-11-15-5-4-8-30(15)22-20-21(26-12-25-20)27-13-28-22;/h2-3,6-7,9,12-15,31H,4-5,8,10-11H2,1H3,(H,24,32)(H,25,26,27,28);1H/t14?,15-;/m1./s1. The van der Waals surface area contributed by atoms with Crippen molar-refractivity contribution in [2.24, 2.45) is 0 Å². The third-order valence-electron chi connectivity index (χ3n) is 5.75. The number of imidazole rings is 1. The molecule has 0 bridgehead atoms. The number of carbonyl (C=O) groups excluding carboxylic acids is 1. The number of anilines is 1. The molecule has 0 saturated carbocycles. The zero-order valence-electron chi connectivity index (χ0n) is 18.6. The van der Waals surface area contributed by atoms with Crippen LogP contribution in [0.4, 0.5) is 5.82 Å². The number of aliphatic hydroxyl groups is 1. The summed E-state index contributed by atoms with van der Waals surface area (Å²) in [6, 6.07) is 9.36. The Kier molecular flexibility index (Phi) is 7.09. The van der Waals surface area contributed by atoms with Crippen molar-refractivity contribution in [3.63, 3.8) is 0 Å². The number of rotatable bonds is 7. The number of H-pyrrole nitrogens is 1. The quantitative estimate of drug-likeness (QED) is 0.365. The van der Waals surface area contributed by atoms with E-state index in [0.717, 1.165) is 36.1 Å². The molecule has 1 aliphatic rings. The maximum absolute atomic E-state index is 12.6. The number of pyridine rings is 1. The third kappa shape index (κ3) is 4.73. The van der Waals surface area contributed by atoms with Gasteiger partial charge >= 0.3 is 0 Å². The van der Waals surface area contributed by atoms with E-state index in [1.165, 1.54) is 6.33 Å². The summed E-state index contributed by atoms with van der Waals surface area (Å²) in [6.45, 7) is 3.07. The number of fused-ring (bicyclic) bond motifs is 2. The van der Waals surface area contributed by atoms with Gasteiger partial charge in [0, 0.05) is 24.5 Å². The number of hydrogen-bond donors (Lipinski definition) is 3. The molecule has 1 aliphatic heterocycles. The lowest BCUT2D eigenvalue weighted by atomic mass is 10.1. The van der Waals surface area contributed by atoms with Gasteiger partial charge in [-0.1, -0.05) is 12.1 Å². The highest BCUT2D eigenvalue weighted by molar-refractivity contribution is 5.97. The van der Waals surface area contributed by atoms with Crippen molar-refractivity contribution >= 4 is 46.2 Å². The minimum absolute atomic E-state index is 0. The molecule has 1 unspecified atom stereocenters. The van der Waals surface area contributed by atoms with E-state index >= 15 is 0 Å². The van der Waals surface area contributed by atoms with Crippen molar-refractivity contribution in [2.75, 3.05) is 24.6 Å². The van der Waals surface area contributed by atoms with Crippen molar-refractivity contribution in [2.45, 2.75) is 31.9 Å². The molecular formula is C23H26ClN7O3. The lowest BCUT2D eigenvalue weighted by molar-refractivity contribution is 0.0919. The van der Waals surface area contributed by atoms with Crippen LogP contribution < -0.4 is 15.0 Å². The number of benzene rings is 1. The Bertz CT molecular complexity index is 1300. The van der Waals surface area contributed by atoms with E-state index in [1.54, 1.807) is 19.3 Å². The number of ether oxygens (including phenoxy) is 1. The number of hydrogen-bond acceptors (Lipinski definition) is 8. The van der Waals surface area contributed by atoms with Crippen molar-refractivity contribution in [1.82, 2.24) is 30.2 Å². The predicted octanol–water partition coefficient (Wildman–Crippen LogP) is 2.48. The number of aromatic nitrogens is 5. The summed E-state index contributed by atoms with van der Waals surface area (Å²) in [4.78, 5) is 35.3. The molecule has 1 saturated heterocycles. The van der Waals surface area contributed by atoms with Crippen molar-refractivity contribution in [1.29, 1.82) is 0 Å². The zero-order chi connectivity index (χ0) is 22.8. The van der Waals surface area contributed by atoms with Crippen molar-refractivity contribution < 1.29 is 14.6 Å². The van der Waals surface area contributed by atoms with Crippen LogP contribution in [0.2, 0.25) is 0 Å². The fourth-order valence-electron chi connectivity index (χ4n) is 4.15. The van der Waals surface area contributed by atoms with E-state index in [-0.39, 0.29) is 36.6 Å². The highest BCUT2D eigenvalue weighted by atomic mass is 35.5. The maximum Gasteiger partial charge on any atom is 0.270 e. The summed E-state index contributed by atoms with van der Waals surface area (Å²) in [5, 5.41) is 13.0. The average molecular weight is 484 g/mol. The van der Waals surface area contributed by atoms with E-state index < -0.39 is 6.10 Å². The molecule has 3 aromatic heterocycles. The summed E-state index contributed by atoms with van der Waals surface area (Å²) in [5.74, 6) is 1.07. The molecule has 178 valence electrons. The number of halogens is 1. The number of aliphatic hydroxyl groups excluding tert-OH is 1. The lowest BCUT2D eigenvalue weighted by Gasteiger charge is -2.26. The largest absolute Gasteiger partial charge is 0.491 e. The fourth-order valence-corrected chi connectivity index (χ4v) is 4.15. The first-order chi connectivity index (χ1) is 16.1. The van der Waals surface area contributed by atoms with Crippen molar-refractivity contribution in [3.05, 3.63) is 48.7 Å². The number of nitrogens with zero attached hydrogens (tertiary/aromatic N) is 5. The van der Waals surface area contributed by atoms with Gasteiger partial charge in [-0.2, -0.15) is 0 Å². The highest BCUT2D eigenvalue weighted by Crippen LogP contribution is 2.30. The Balaban J connectivity index is 0.00000274. The number of nitrogens with one attached hydrogen (secondary N) is 2. The number of aromatic amines is 1. The topological polar surface area (TPSA) is 129 Å². The van der Waals surface area contributed by atoms with Crippen molar-refractivity contribution in [3.8, 4) is 5.75 Å². The molecule has 4 aromatic rings. The van der Waals surface area contributed by atoms with E-state index in [0.29, 0.717) is 23.5 Å². The Morgan fingerprint density at radius 1 is 1.32 bits per heavy atom. The maximum atomic E-state index is 12.6. The molecule has 4 heterocycles. The molecule has 0 aliphatic carbocycles. The van der Waals surface area contributed by atoms with Gasteiger partial charge in [0.2, 0.25) is 0 Å². The Labute approximate surface area is 202 Å². The van der Waals surface area contributed by atoms with Gasteiger partial charge in [-0.3, -0.25) is 4.79 Å². The molecule has 1 aromatic carbocycles. The molecule has 10 nitrogen and oxygen atoms in total. The average Bonchev–Trinajstić information content (AvgIpc) is 3.50. The van der Waals surface area contributed by atoms with Crippen LogP contribution >= 0.6 is 12.4 Å². The van der Waals surface area contributed by atoms with Gasteiger partial charge < -0.3 is 25.0 Å². The zero-order valence-corrected chi connectivity index (χ0v) is 19.5. The summed E-state index contributed by atoms with van der Waals surface area (Å²) < 4.78 is 6.28. The number of para-hydroxylation sites is 1. The van der Waals surface area contributed by atoms with Crippen LogP contribution in [0.15, 0.2) is 43.0 Å². The highest BCUT2D eigenvalue weighted by Gasteiger charge is 2.28. The first-order valence-corrected chi connectivity index (χ1v) is 11.0. The molecule has 11 heteroatoms. The summed E-state index contributed by atoms with van der Waals surface area (Å²) in [6.07, 6.45) is 4.50. The van der Waals surface area contributed by atoms with Crippen LogP contribution in [-0.4, -0.2) is 67.8 Å². The van der Waals surface area contributed by atoms with Gasteiger partial charge in [0.05, 0.1) is 24.0 Å². The molecule has 1 fully saturated rings. The van der Waals surface area contributed by atoms with Gasteiger partial charge in [0.15, 0.2) is 11.5 Å². The van der Waals surface area contributed by atoms with E-state index in [2.05, 4.69) is 35.1 Å². The molecule has 34 heavy (non-hydrogen) atoms. The van der Waals surface area contributed by atoms with Crippen LogP contribution in [0.5, 0.6) is 5.75 Å². The molecule has 0 spiro atoms. The first-order valence-electron chi connectivity index (χ1n) is 11.0. The minimum Gasteiger partial charge on any atom is -0.491 e. The van der Waals surface area contributed by atoms with E-state index in [1.807, 2.05) is 24.3 Å². The Morgan fingerprint density at radius 3 is 3.03 bits per heavy atom. The number of carbonyl (C=O) groups is 1. The number of amides is 1. The van der Waals surface area contributed by atoms with Crippen LogP contribution in [0.1, 0.15) is 30.3 Å². The molecule has 5 rings (SSSR count). The van der Waals surface area contributed by atoms with Gasteiger partial charge in [-0.15, -0.1) is 12.4 Å². The minimum atomic E-state index is -0.637. The van der Waals surface area contributed by atoms with E-state index in [9.17, 15) is 9.90 Å². The summed E-state index contributed by atoms with van der Waals surface area (Å²) in [5.41, 5.74) is 2.38. The monoisotopic (exact) mass is 483 g/mol. The second-order valence-electron chi connectivity index (χ2n) is 8.18. The molecule has 1 amide bonds. The summed E-state index contributed by atoms with van der Waals surface area (Å²) >= 11 is 0. The van der Waals surface area contributed by atoms with Crippen LogP contribution in [0.25, 0.3) is 22.1 Å². The van der Waals surface area contributed by atoms with Gasteiger partial charge in [0.25, 0.3) is 5.91 Å². The lowest BCUT2D eigenvalue weighted by Crippen LogP contribution is -2.35. The van der Waals surface area contributed by atoms with Gasteiger partial charge in [-0.05, 0) is 31.9 Å². The first kappa shape index (κ1) is 23.7. The van der Waals surface area contributed by atoms with E-state index in [4.69, 9.17) is 4.74 Å². The Morgan fingerprint density at radius 2 is 2.18 bits per heavy atom. The summed E-state index contributed by atoms with van der Waals surface area (Å²) in [7, 11) is 0. The Hall–Kier alpha value is -3.50. The van der Waals surface area contributed by atoms with Gasteiger partial charge in [0.1, 0.15) is 29.9 Å². The molecule has 2 atom stereocenters. The van der Waals surface area contributed by atoms with Crippen LogP contribution in [-0.2, 0) is 0 Å². The second-order valence-corrected chi connectivity index (χ2v) is 8.18. The van der Waals surface area contributed by atoms with Crippen LogP contribution in [0.3, 0.4) is 0 Å². The second kappa shape index (κ2) is 10.2. The fraction of sp³-hybridized carbons (Fsp3) is 0.348. The molecule has 0 radical (unpaired) electrons. The van der Waals surface area contributed by atoms with Crippen LogP contribution in [0, 0.1) is 0 Å².